The highest BCUT2D eigenvalue weighted by Gasteiger charge is 1.98. The van der Waals surface area contributed by atoms with E-state index in [4.69, 9.17) is 9.47 Å². The molecule has 3 heteroatoms. The van der Waals surface area contributed by atoms with Crippen LogP contribution in [0.5, 0.6) is 5.75 Å². The largest absolute Gasteiger partial charge is 0.489 e. The molecule has 0 amide bonds. The van der Waals surface area contributed by atoms with Crippen molar-refractivity contribution in [1.29, 1.82) is 0 Å². The number of rotatable bonds is 6. The van der Waals surface area contributed by atoms with Crippen molar-refractivity contribution in [3.05, 3.63) is 64.1 Å². The Kier molecular flexibility index (Phi) is 5.43. The smallest absolute Gasteiger partial charge is 0.119 e. The molecule has 0 heterocycles. The van der Waals surface area contributed by atoms with Crippen LogP contribution >= 0.6 is 15.9 Å². The van der Waals surface area contributed by atoms with Crippen molar-refractivity contribution in [1.82, 2.24) is 0 Å². The molecule has 0 radical (unpaired) electrons. The molecule has 0 spiro atoms. The molecule has 2 nitrogen and oxygen atoms in total. The van der Waals surface area contributed by atoms with Crippen LogP contribution in [0.1, 0.15) is 11.1 Å². The first kappa shape index (κ1) is 14.1. The van der Waals surface area contributed by atoms with Crippen molar-refractivity contribution >= 4 is 15.9 Å². The molecule has 0 N–H and O–H groups in total. The topological polar surface area (TPSA) is 18.5 Å². The number of benzene rings is 2. The lowest BCUT2D eigenvalue weighted by Gasteiger charge is -2.07. The standard InChI is InChI=1S/C16H17BrO2/c1-18-10-9-13-5-7-16(8-6-13)19-12-14-3-2-4-15(17)11-14/h2-8,11H,9-10,12H2,1H3. The lowest BCUT2D eigenvalue weighted by molar-refractivity contribution is 0.202. The Morgan fingerprint density at radius 2 is 1.79 bits per heavy atom. The fourth-order valence-corrected chi connectivity index (χ4v) is 2.21. The maximum absolute atomic E-state index is 5.75. The summed E-state index contributed by atoms with van der Waals surface area (Å²) >= 11 is 3.45. The van der Waals surface area contributed by atoms with Crippen LogP contribution in [0, 0.1) is 0 Å². The Morgan fingerprint density at radius 1 is 1.00 bits per heavy atom. The summed E-state index contributed by atoms with van der Waals surface area (Å²) in [6.07, 6.45) is 0.933. The first-order valence-corrected chi connectivity index (χ1v) is 7.02. The summed E-state index contributed by atoms with van der Waals surface area (Å²) in [5.41, 5.74) is 2.41. The summed E-state index contributed by atoms with van der Waals surface area (Å²) in [5.74, 6) is 0.890. The second kappa shape index (κ2) is 7.31. The minimum Gasteiger partial charge on any atom is -0.489 e. The highest BCUT2D eigenvalue weighted by molar-refractivity contribution is 9.10. The van der Waals surface area contributed by atoms with Crippen LogP contribution in [0.15, 0.2) is 53.0 Å². The summed E-state index contributed by atoms with van der Waals surface area (Å²) in [6.45, 7) is 1.33. The van der Waals surface area contributed by atoms with Gasteiger partial charge >= 0.3 is 0 Å². The van der Waals surface area contributed by atoms with Crippen molar-refractivity contribution in [3.63, 3.8) is 0 Å². The van der Waals surface area contributed by atoms with Gasteiger partial charge in [-0.3, -0.25) is 0 Å². The molecule has 0 saturated heterocycles. The van der Waals surface area contributed by atoms with Crippen LogP contribution in [0.25, 0.3) is 0 Å². The molecule has 2 aromatic carbocycles. The van der Waals surface area contributed by atoms with E-state index in [1.165, 1.54) is 5.56 Å². The Balaban J connectivity index is 1.89. The molecule has 0 aliphatic rings. The molecular weight excluding hydrogens is 304 g/mol. The van der Waals surface area contributed by atoms with Gasteiger partial charge in [0.1, 0.15) is 12.4 Å². The van der Waals surface area contributed by atoms with Crippen molar-refractivity contribution in [2.45, 2.75) is 13.0 Å². The van der Waals surface area contributed by atoms with Gasteiger partial charge in [-0.1, -0.05) is 40.2 Å². The number of methoxy groups -OCH3 is 1. The van der Waals surface area contributed by atoms with Crippen LogP contribution < -0.4 is 4.74 Å². The van der Waals surface area contributed by atoms with E-state index >= 15 is 0 Å². The lowest BCUT2D eigenvalue weighted by Crippen LogP contribution is -1.97. The second-order valence-electron chi connectivity index (χ2n) is 4.31. The zero-order valence-electron chi connectivity index (χ0n) is 10.9. The molecule has 0 unspecified atom stereocenters. The van der Waals surface area contributed by atoms with Crippen LogP contribution in [0.3, 0.4) is 0 Å². The van der Waals surface area contributed by atoms with E-state index < -0.39 is 0 Å². The maximum Gasteiger partial charge on any atom is 0.119 e. The van der Waals surface area contributed by atoms with Gasteiger partial charge in [0.25, 0.3) is 0 Å². The van der Waals surface area contributed by atoms with Crippen LogP contribution in [0.2, 0.25) is 0 Å². The molecule has 0 aliphatic heterocycles. The molecular formula is C16H17BrO2. The average Bonchev–Trinajstić information content (AvgIpc) is 2.44. The van der Waals surface area contributed by atoms with Gasteiger partial charge in [0.05, 0.1) is 6.61 Å². The quantitative estimate of drug-likeness (QED) is 0.793. The number of hydrogen-bond acceptors (Lipinski definition) is 2. The molecule has 19 heavy (non-hydrogen) atoms. The van der Waals surface area contributed by atoms with Gasteiger partial charge in [0.15, 0.2) is 0 Å². The molecule has 100 valence electrons. The van der Waals surface area contributed by atoms with Crippen molar-refractivity contribution in [2.75, 3.05) is 13.7 Å². The van der Waals surface area contributed by atoms with E-state index in [-0.39, 0.29) is 0 Å². The summed E-state index contributed by atoms with van der Waals surface area (Å²) in [7, 11) is 1.72. The SMILES string of the molecule is COCCc1ccc(OCc2cccc(Br)c2)cc1. The number of halogens is 1. The van der Waals surface area contributed by atoms with Gasteiger partial charge in [0, 0.05) is 11.6 Å². The van der Waals surface area contributed by atoms with Crippen molar-refractivity contribution in [2.24, 2.45) is 0 Å². The van der Waals surface area contributed by atoms with E-state index in [1.54, 1.807) is 7.11 Å². The van der Waals surface area contributed by atoms with Crippen molar-refractivity contribution in [3.8, 4) is 5.75 Å². The third-order valence-electron chi connectivity index (χ3n) is 2.81. The second-order valence-corrected chi connectivity index (χ2v) is 5.22. The summed E-state index contributed by atoms with van der Waals surface area (Å²) in [4.78, 5) is 0. The highest BCUT2D eigenvalue weighted by atomic mass is 79.9. The van der Waals surface area contributed by atoms with E-state index in [9.17, 15) is 0 Å². The van der Waals surface area contributed by atoms with Gasteiger partial charge < -0.3 is 9.47 Å². The third kappa shape index (κ3) is 4.69. The molecule has 0 saturated carbocycles. The maximum atomic E-state index is 5.75. The Morgan fingerprint density at radius 3 is 2.47 bits per heavy atom. The lowest BCUT2D eigenvalue weighted by atomic mass is 10.1. The van der Waals surface area contributed by atoms with E-state index in [0.717, 1.165) is 28.8 Å². The summed E-state index contributed by atoms with van der Waals surface area (Å²) in [5, 5.41) is 0. The third-order valence-corrected chi connectivity index (χ3v) is 3.31. The molecule has 0 fully saturated rings. The molecule has 2 rings (SSSR count). The van der Waals surface area contributed by atoms with E-state index in [2.05, 4.69) is 40.2 Å². The van der Waals surface area contributed by atoms with Crippen molar-refractivity contribution < 1.29 is 9.47 Å². The normalized spacial score (nSPS) is 10.4. The summed E-state index contributed by atoms with van der Waals surface area (Å²) in [6, 6.07) is 16.3. The molecule has 0 aromatic heterocycles. The first-order valence-electron chi connectivity index (χ1n) is 6.23. The molecule has 0 aliphatic carbocycles. The van der Waals surface area contributed by atoms with Gasteiger partial charge in [-0.15, -0.1) is 0 Å². The van der Waals surface area contributed by atoms with Gasteiger partial charge in [-0.25, -0.2) is 0 Å². The van der Waals surface area contributed by atoms with E-state index in [1.807, 2.05) is 24.3 Å². The predicted molar refractivity (Wildman–Crippen MR) is 80.5 cm³/mol. The predicted octanol–water partition coefficient (Wildman–Crippen LogP) is 4.22. The molecule has 0 atom stereocenters. The van der Waals surface area contributed by atoms with Gasteiger partial charge in [-0.05, 0) is 41.8 Å². The van der Waals surface area contributed by atoms with Gasteiger partial charge in [-0.2, -0.15) is 0 Å². The molecule has 2 aromatic rings. The van der Waals surface area contributed by atoms with Crippen LogP contribution in [0.4, 0.5) is 0 Å². The Bertz CT molecular complexity index is 508. The average molecular weight is 321 g/mol. The highest BCUT2D eigenvalue weighted by Crippen LogP contribution is 2.16. The first-order chi connectivity index (χ1) is 9.28. The van der Waals surface area contributed by atoms with Crippen LogP contribution in [-0.2, 0) is 17.8 Å². The summed E-state index contributed by atoms with van der Waals surface area (Å²) < 4.78 is 11.9. The fraction of sp³-hybridized carbons (Fsp3) is 0.250. The number of ether oxygens (including phenoxy) is 2. The Labute approximate surface area is 122 Å². The zero-order chi connectivity index (χ0) is 13.5. The van der Waals surface area contributed by atoms with E-state index in [0.29, 0.717) is 6.61 Å². The Hall–Kier alpha value is -1.32. The number of hydrogen-bond donors (Lipinski definition) is 0. The molecule has 0 bridgehead atoms. The monoisotopic (exact) mass is 320 g/mol. The fourth-order valence-electron chi connectivity index (χ4n) is 1.77. The zero-order valence-corrected chi connectivity index (χ0v) is 12.5. The van der Waals surface area contributed by atoms with Gasteiger partial charge in [0.2, 0.25) is 0 Å². The minimum atomic E-state index is 0.580. The minimum absolute atomic E-state index is 0.580. The van der Waals surface area contributed by atoms with Crippen LogP contribution in [-0.4, -0.2) is 13.7 Å².